The van der Waals surface area contributed by atoms with Crippen molar-refractivity contribution < 1.29 is 23.9 Å². The molecule has 7 heteroatoms. The van der Waals surface area contributed by atoms with Gasteiger partial charge in [0.25, 0.3) is 0 Å². The maximum Gasteiger partial charge on any atom is 0.408 e. The van der Waals surface area contributed by atoms with Crippen molar-refractivity contribution in [1.82, 2.24) is 10.6 Å². The lowest BCUT2D eigenvalue weighted by molar-refractivity contribution is -0.145. The van der Waals surface area contributed by atoms with Gasteiger partial charge >= 0.3 is 12.1 Å². The van der Waals surface area contributed by atoms with Crippen molar-refractivity contribution in [2.45, 2.75) is 44.4 Å². The number of hydrogen-bond acceptors (Lipinski definition) is 5. The van der Waals surface area contributed by atoms with Gasteiger partial charge < -0.3 is 20.1 Å². The summed E-state index contributed by atoms with van der Waals surface area (Å²) in [7, 11) is 1.29. The van der Waals surface area contributed by atoms with Gasteiger partial charge in [0.05, 0.1) is 7.11 Å². The second kappa shape index (κ2) is 14.3. The summed E-state index contributed by atoms with van der Waals surface area (Å²) >= 11 is 0. The van der Waals surface area contributed by atoms with Crippen LogP contribution in [0.3, 0.4) is 0 Å². The van der Waals surface area contributed by atoms with E-state index in [9.17, 15) is 14.4 Å². The number of hydrogen-bond donors (Lipinski definition) is 2. The molecule has 0 aromatic heterocycles. The maximum absolute atomic E-state index is 13.2. The van der Waals surface area contributed by atoms with Gasteiger partial charge in [0.2, 0.25) is 5.91 Å². The van der Waals surface area contributed by atoms with Crippen LogP contribution in [0.15, 0.2) is 91.0 Å². The van der Waals surface area contributed by atoms with Crippen molar-refractivity contribution in [3.05, 3.63) is 108 Å². The Kier molecular flexibility index (Phi) is 10.5. The van der Waals surface area contributed by atoms with Crippen LogP contribution < -0.4 is 10.6 Å². The van der Waals surface area contributed by atoms with E-state index in [1.807, 2.05) is 91.0 Å². The monoisotopic (exact) mass is 488 g/mol. The van der Waals surface area contributed by atoms with E-state index in [4.69, 9.17) is 9.47 Å². The minimum absolute atomic E-state index is 0.0800. The van der Waals surface area contributed by atoms with E-state index >= 15 is 0 Å². The molecule has 36 heavy (non-hydrogen) atoms. The highest BCUT2D eigenvalue weighted by molar-refractivity contribution is 5.89. The SMILES string of the molecule is COC(=O)[C@@H](CCCc1ccccc1)NC(=O)[C@H](Cc1ccccc1)NC(=O)OCc1ccccc1. The molecule has 2 N–H and O–H groups in total. The Hall–Kier alpha value is -4.13. The smallest absolute Gasteiger partial charge is 0.408 e. The maximum atomic E-state index is 13.2. The highest BCUT2D eigenvalue weighted by Gasteiger charge is 2.27. The molecule has 0 saturated heterocycles. The normalized spacial score (nSPS) is 12.1. The van der Waals surface area contributed by atoms with E-state index < -0.39 is 30.1 Å². The van der Waals surface area contributed by atoms with Crippen molar-refractivity contribution in [3.8, 4) is 0 Å². The molecule has 2 atom stereocenters. The summed E-state index contributed by atoms with van der Waals surface area (Å²) in [4.78, 5) is 38.2. The lowest BCUT2D eigenvalue weighted by atomic mass is 10.0. The van der Waals surface area contributed by atoms with E-state index in [-0.39, 0.29) is 13.0 Å². The summed E-state index contributed by atoms with van der Waals surface area (Å²) in [5.74, 6) is -1.01. The standard InChI is InChI=1S/C29H32N2O5/c1-35-28(33)25(19-11-18-22-12-5-2-6-13-22)30-27(32)26(20-23-14-7-3-8-15-23)31-29(34)36-21-24-16-9-4-10-17-24/h2-10,12-17,25-26H,11,18-21H2,1H3,(H,30,32)(H,31,34)/t25-,26+/m1/s1. The third kappa shape index (κ3) is 8.91. The quantitative estimate of drug-likeness (QED) is 0.373. The average molecular weight is 489 g/mol. The van der Waals surface area contributed by atoms with Crippen LogP contribution in [0, 0.1) is 0 Å². The van der Waals surface area contributed by atoms with Crippen LogP contribution in [0.2, 0.25) is 0 Å². The largest absolute Gasteiger partial charge is 0.467 e. The number of alkyl carbamates (subject to hydrolysis) is 1. The summed E-state index contributed by atoms with van der Waals surface area (Å²) in [6, 6.07) is 26.8. The van der Waals surface area contributed by atoms with Crippen LogP contribution >= 0.6 is 0 Å². The van der Waals surface area contributed by atoms with Gasteiger partial charge in [-0.2, -0.15) is 0 Å². The number of carbonyl (C=O) groups is 3. The van der Waals surface area contributed by atoms with Crippen molar-refractivity contribution in [2.24, 2.45) is 0 Å². The molecule has 0 aliphatic rings. The zero-order valence-corrected chi connectivity index (χ0v) is 20.4. The van der Waals surface area contributed by atoms with Crippen molar-refractivity contribution in [3.63, 3.8) is 0 Å². The van der Waals surface area contributed by atoms with Crippen molar-refractivity contribution in [1.29, 1.82) is 0 Å². The Bertz CT molecular complexity index is 1090. The fourth-order valence-corrected chi connectivity index (χ4v) is 3.78. The topological polar surface area (TPSA) is 93.7 Å². The zero-order chi connectivity index (χ0) is 25.6. The molecular weight excluding hydrogens is 456 g/mol. The predicted molar refractivity (Wildman–Crippen MR) is 137 cm³/mol. The molecule has 0 radical (unpaired) electrons. The molecule has 3 rings (SSSR count). The number of nitrogens with one attached hydrogen (secondary N) is 2. The lowest BCUT2D eigenvalue weighted by Gasteiger charge is -2.22. The molecule has 3 aromatic rings. The Morgan fingerprint density at radius 3 is 1.86 bits per heavy atom. The third-order valence-corrected chi connectivity index (χ3v) is 5.71. The third-order valence-electron chi connectivity index (χ3n) is 5.71. The number of benzene rings is 3. The average Bonchev–Trinajstić information content (AvgIpc) is 2.92. The van der Waals surface area contributed by atoms with Gasteiger partial charge in [0.15, 0.2) is 0 Å². The molecule has 0 aliphatic carbocycles. The molecule has 0 unspecified atom stereocenters. The van der Waals surface area contributed by atoms with E-state index in [1.54, 1.807) is 0 Å². The first-order valence-corrected chi connectivity index (χ1v) is 12.0. The first-order valence-electron chi connectivity index (χ1n) is 12.0. The Labute approximate surface area is 211 Å². The van der Waals surface area contributed by atoms with Gasteiger partial charge in [-0.05, 0) is 36.0 Å². The van der Waals surface area contributed by atoms with E-state index in [0.717, 1.165) is 23.1 Å². The van der Waals surface area contributed by atoms with Crippen molar-refractivity contribution >= 4 is 18.0 Å². The zero-order valence-electron chi connectivity index (χ0n) is 20.4. The minimum atomic E-state index is -0.933. The summed E-state index contributed by atoms with van der Waals surface area (Å²) in [6.45, 7) is 0.0800. The Morgan fingerprint density at radius 2 is 1.28 bits per heavy atom. The molecule has 0 fully saturated rings. The summed E-state index contributed by atoms with van der Waals surface area (Å²) in [6.07, 6.45) is 1.38. The van der Waals surface area contributed by atoms with Gasteiger partial charge in [-0.25, -0.2) is 9.59 Å². The number of carbonyl (C=O) groups excluding carboxylic acids is 3. The van der Waals surface area contributed by atoms with Crippen LogP contribution in [0.4, 0.5) is 4.79 Å². The van der Waals surface area contributed by atoms with E-state index in [2.05, 4.69) is 10.6 Å². The van der Waals surface area contributed by atoms with Gasteiger partial charge in [-0.3, -0.25) is 4.79 Å². The summed E-state index contributed by atoms with van der Waals surface area (Å²) in [5, 5.41) is 5.42. The van der Waals surface area contributed by atoms with Gasteiger partial charge in [0.1, 0.15) is 18.7 Å². The number of methoxy groups -OCH3 is 1. The highest BCUT2D eigenvalue weighted by atomic mass is 16.5. The summed E-state index contributed by atoms with van der Waals surface area (Å²) < 4.78 is 10.2. The van der Waals surface area contributed by atoms with Crippen LogP contribution in [0.25, 0.3) is 0 Å². The highest BCUT2D eigenvalue weighted by Crippen LogP contribution is 2.10. The van der Waals surface area contributed by atoms with Crippen LogP contribution in [-0.4, -0.2) is 37.2 Å². The molecule has 0 aliphatic heterocycles. The molecule has 0 spiro atoms. The van der Waals surface area contributed by atoms with E-state index in [0.29, 0.717) is 12.8 Å². The number of aryl methyl sites for hydroxylation is 1. The minimum Gasteiger partial charge on any atom is -0.467 e. The Balaban J connectivity index is 1.63. The molecule has 0 saturated carbocycles. The lowest BCUT2D eigenvalue weighted by Crippen LogP contribution is -2.52. The second-order valence-electron chi connectivity index (χ2n) is 8.41. The molecular formula is C29H32N2O5. The second-order valence-corrected chi connectivity index (χ2v) is 8.41. The fourth-order valence-electron chi connectivity index (χ4n) is 3.78. The summed E-state index contributed by atoms with van der Waals surface area (Å²) in [5.41, 5.74) is 2.85. The number of rotatable bonds is 12. The molecule has 7 nitrogen and oxygen atoms in total. The Morgan fingerprint density at radius 1 is 0.722 bits per heavy atom. The number of esters is 1. The van der Waals surface area contributed by atoms with Crippen molar-refractivity contribution in [2.75, 3.05) is 7.11 Å². The molecule has 0 bridgehead atoms. The molecule has 0 heterocycles. The van der Waals surface area contributed by atoms with Gasteiger partial charge in [-0.15, -0.1) is 0 Å². The van der Waals surface area contributed by atoms with Crippen LogP contribution in [0.5, 0.6) is 0 Å². The molecule has 188 valence electrons. The van der Waals surface area contributed by atoms with Crippen LogP contribution in [0.1, 0.15) is 29.5 Å². The van der Waals surface area contributed by atoms with Gasteiger partial charge in [0, 0.05) is 6.42 Å². The number of ether oxygens (including phenoxy) is 2. The fraction of sp³-hybridized carbons (Fsp3) is 0.276. The first kappa shape index (κ1) is 26.5. The first-order chi connectivity index (χ1) is 17.5. The van der Waals surface area contributed by atoms with E-state index in [1.165, 1.54) is 7.11 Å². The molecule has 2 amide bonds. The predicted octanol–water partition coefficient (Wildman–Crippen LogP) is 4.20. The van der Waals surface area contributed by atoms with Gasteiger partial charge in [-0.1, -0.05) is 91.0 Å². The number of amides is 2. The molecule has 3 aromatic carbocycles. The van der Waals surface area contributed by atoms with Crippen LogP contribution in [-0.2, 0) is 38.5 Å².